The zero-order chi connectivity index (χ0) is 13.0. The van der Waals surface area contributed by atoms with Crippen LogP contribution in [0.25, 0.3) is 11.1 Å². The summed E-state index contributed by atoms with van der Waals surface area (Å²) in [6.07, 6.45) is 2.66. The van der Waals surface area contributed by atoms with E-state index < -0.39 is 10.0 Å². The van der Waals surface area contributed by atoms with Crippen molar-refractivity contribution >= 4 is 21.1 Å². The summed E-state index contributed by atoms with van der Waals surface area (Å²) in [4.78, 5) is 4.03. The number of aromatic nitrogens is 1. The van der Waals surface area contributed by atoms with E-state index in [4.69, 9.17) is 4.42 Å². The fourth-order valence-corrected chi connectivity index (χ4v) is 2.84. The molecule has 0 spiro atoms. The van der Waals surface area contributed by atoms with Gasteiger partial charge in [0, 0.05) is 6.54 Å². The number of hydrogen-bond acceptors (Lipinski definition) is 4. The molecule has 0 saturated heterocycles. The van der Waals surface area contributed by atoms with Gasteiger partial charge in [0.25, 0.3) is 0 Å². The van der Waals surface area contributed by atoms with E-state index in [1.165, 1.54) is 6.39 Å². The van der Waals surface area contributed by atoms with Crippen molar-refractivity contribution in [1.29, 1.82) is 0 Å². The normalized spacial score (nSPS) is 12.1. The molecular weight excluding hydrogens is 252 g/mol. The Bertz CT molecular complexity index is 619. The molecule has 0 unspecified atom stereocenters. The molecular formula is C12H16N2O3S. The Balaban J connectivity index is 1.94. The molecule has 0 atom stereocenters. The molecule has 98 valence electrons. The Morgan fingerprint density at radius 3 is 3.00 bits per heavy atom. The molecule has 0 fully saturated rings. The highest BCUT2D eigenvalue weighted by Gasteiger charge is 2.07. The Morgan fingerprint density at radius 1 is 1.39 bits per heavy atom. The van der Waals surface area contributed by atoms with Gasteiger partial charge in [-0.3, -0.25) is 0 Å². The van der Waals surface area contributed by atoms with Crippen molar-refractivity contribution < 1.29 is 12.8 Å². The summed E-state index contributed by atoms with van der Waals surface area (Å²) in [5.74, 6) is 0.175. The summed E-state index contributed by atoms with van der Waals surface area (Å²) < 4.78 is 30.7. The lowest BCUT2D eigenvalue weighted by molar-refractivity contribution is 0.580. The Kier molecular flexibility index (Phi) is 3.98. The van der Waals surface area contributed by atoms with E-state index in [1.54, 1.807) is 0 Å². The molecule has 5 nitrogen and oxygen atoms in total. The first-order chi connectivity index (χ1) is 8.61. The third-order valence-electron chi connectivity index (χ3n) is 2.60. The van der Waals surface area contributed by atoms with E-state index in [2.05, 4.69) is 9.71 Å². The van der Waals surface area contributed by atoms with Crippen molar-refractivity contribution in [2.45, 2.75) is 19.8 Å². The second-order valence-electron chi connectivity index (χ2n) is 4.12. The van der Waals surface area contributed by atoms with E-state index in [0.717, 1.165) is 16.7 Å². The molecule has 0 saturated carbocycles. The molecule has 0 aliphatic rings. The minimum absolute atomic E-state index is 0.175. The third kappa shape index (κ3) is 3.30. The number of benzene rings is 1. The molecule has 0 aliphatic heterocycles. The number of nitrogens with one attached hydrogen (secondary N) is 1. The lowest BCUT2D eigenvalue weighted by Gasteiger charge is -2.05. The van der Waals surface area contributed by atoms with Gasteiger partial charge < -0.3 is 4.42 Å². The molecule has 1 N–H and O–H groups in total. The van der Waals surface area contributed by atoms with Crippen molar-refractivity contribution in [3.05, 3.63) is 30.2 Å². The summed E-state index contributed by atoms with van der Waals surface area (Å²) in [6, 6.07) is 5.68. The molecule has 18 heavy (non-hydrogen) atoms. The molecule has 0 bridgehead atoms. The fourth-order valence-electron chi connectivity index (χ4n) is 1.75. The molecule has 1 heterocycles. The first kappa shape index (κ1) is 13.0. The van der Waals surface area contributed by atoms with Crippen molar-refractivity contribution in [3.63, 3.8) is 0 Å². The molecule has 2 rings (SSSR count). The van der Waals surface area contributed by atoms with Crippen LogP contribution in [0.15, 0.2) is 29.0 Å². The Hall–Kier alpha value is -1.40. The van der Waals surface area contributed by atoms with Crippen molar-refractivity contribution in [1.82, 2.24) is 9.71 Å². The topological polar surface area (TPSA) is 72.2 Å². The summed E-state index contributed by atoms with van der Waals surface area (Å²) in [6.45, 7) is 2.25. The van der Waals surface area contributed by atoms with Crippen molar-refractivity contribution in [3.8, 4) is 0 Å². The minimum Gasteiger partial charge on any atom is -0.443 e. The molecule has 0 radical (unpaired) electrons. The summed E-state index contributed by atoms with van der Waals surface area (Å²) in [5, 5.41) is 0. The van der Waals surface area contributed by atoms with Crippen LogP contribution < -0.4 is 4.72 Å². The van der Waals surface area contributed by atoms with Crippen molar-refractivity contribution in [2.24, 2.45) is 0 Å². The third-order valence-corrected chi connectivity index (χ3v) is 4.19. The van der Waals surface area contributed by atoms with Gasteiger partial charge in [0.05, 0.1) is 5.75 Å². The van der Waals surface area contributed by atoms with Gasteiger partial charge in [-0.2, -0.15) is 0 Å². The van der Waals surface area contributed by atoms with Gasteiger partial charge in [0.1, 0.15) is 5.52 Å². The predicted molar refractivity (Wildman–Crippen MR) is 69.8 cm³/mol. The zero-order valence-electron chi connectivity index (χ0n) is 10.2. The monoisotopic (exact) mass is 268 g/mol. The first-order valence-electron chi connectivity index (χ1n) is 5.90. The predicted octanol–water partition coefficient (Wildman–Crippen LogP) is 1.70. The van der Waals surface area contributed by atoms with Gasteiger partial charge in [0.15, 0.2) is 12.0 Å². The Labute approximate surface area is 106 Å². The maximum atomic E-state index is 11.5. The highest BCUT2D eigenvalue weighted by Crippen LogP contribution is 2.14. The lowest BCUT2D eigenvalue weighted by atomic mass is 10.1. The van der Waals surface area contributed by atoms with Crippen LogP contribution in [0.4, 0.5) is 0 Å². The van der Waals surface area contributed by atoms with E-state index in [9.17, 15) is 8.42 Å². The number of oxazole rings is 1. The number of fused-ring (bicyclic) bond motifs is 1. The smallest absolute Gasteiger partial charge is 0.211 e. The number of rotatable bonds is 6. The number of sulfonamides is 1. The van der Waals surface area contributed by atoms with Gasteiger partial charge >= 0.3 is 0 Å². The Morgan fingerprint density at radius 2 is 2.22 bits per heavy atom. The zero-order valence-corrected chi connectivity index (χ0v) is 11.0. The number of hydrogen-bond donors (Lipinski definition) is 1. The lowest BCUT2D eigenvalue weighted by Crippen LogP contribution is -2.28. The minimum atomic E-state index is -3.12. The van der Waals surface area contributed by atoms with Gasteiger partial charge in [-0.15, -0.1) is 0 Å². The maximum Gasteiger partial charge on any atom is 0.211 e. The summed E-state index contributed by atoms with van der Waals surface area (Å²) in [7, 11) is -3.12. The SMILES string of the molecule is CCCS(=O)(=O)NCCc1ccc2ncoc2c1. The van der Waals surface area contributed by atoms with Crippen molar-refractivity contribution in [2.75, 3.05) is 12.3 Å². The molecule has 0 aliphatic carbocycles. The van der Waals surface area contributed by atoms with Crippen LogP contribution in [0.2, 0.25) is 0 Å². The molecule has 6 heteroatoms. The molecule has 1 aromatic carbocycles. The van der Waals surface area contributed by atoms with E-state index in [1.807, 2.05) is 25.1 Å². The van der Waals surface area contributed by atoms with Crippen LogP contribution >= 0.6 is 0 Å². The summed E-state index contributed by atoms with van der Waals surface area (Å²) in [5.41, 5.74) is 2.56. The molecule has 1 aromatic heterocycles. The largest absolute Gasteiger partial charge is 0.443 e. The molecule has 2 aromatic rings. The average molecular weight is 268 g/mol. The van der Waals surface area contributed by atoms with Gasteiger partial charge in [-0.05, 0) is 30.5 Å². The van der Waals surface area contributed by atoms with Crippen LogP contribution in [-0.4, -0.2) is 25.7 Å². The second kappa shape index (κ2) is 5.49. The average Bonchev–Trinajstić information content (AvgIpc) is 2.75. The van der Waals surface area contributed by atoms with Gasteiger partial charge in [-0.25, -0.2) is 18.1 Å². The first-order valence-corrected chi connectivity index (χ1v) is 7.55. The fraction of sp³-hybridized carbons (Fsp3) is 0.417. The van der Waals surface area contributed by atoms with E-state index >= 15 is 0 Å². The van der Waals surface area contributed by atoms with Crippen LogP contribution in [0.5, 0.6) is 0 Å². The molecule has 0 amide bonds. The van der Waals surface area contributed by atoms with Crippen LogP contribution in [-0.2, 0) is 16.4 Å². The standard InChI is InChI=1S/C12H16N2O3S/c1-2-7-18(15,16)14-6-5-10-3-4-11-12(8-10)17-9-13-11/h3-4,8-9,14H,2,5-7H2,1H3. The van der Waals surface area contributed by atoms with E-state index in [0.29, 0.717) is 19.4 Å². The second-order valence-corrected chi connectivity index (χ2v) is 6.04. The van der Waals surface area contributed by atoms with Crippen LogP contribution in [0, 0.1) is 0 Å². The van der Waals surface area contributed by atoms with E-state index in [-0.39, 0.29) is 5.75 Å². The van der Waals surface area contributed by atoms with Gasteiger partial charge in [-0.1, -0.05) is 13.0 Å². The highest BCUT2D eigenvalue weighted by molar-refractivity contribution is 7.89. The van der Waals surface area contributed by atoms with Crippen LogP contribution in [0.1, 0.15) is 18.9 Å². The van der Waals surface area contributed by atoms with Crippen LogP contribution in [0.3, 0.4) is 0 Å². The maximum absolute atomic E-state index is 11.5. The summed E-state index contributed by atoms with van der Waals surface area (Å²) >= 11 is 0. The number of nitrogens with zero attached hydrogens (tertiary/aromatic N) is 1. The quantitative estimate of drug-likeness (QED) is 0.865. The highest BCUT2D eigenvalue weighted by atomic mass is 32.2. The van der Waals surface area contributed by atoms with Gasteiger partial charge in [0.2, 0.25) is 10.0 Å².